The van der Waals surface area contributed by atoms with E-state index in [0.717, 1.165) is 4.34 Å². The Hall–Kier alpha value is -0.580. The number of amides is 1. The highest BCUT2D eigenvalue weighted by Crippen LogP contribution is 2.31. The number of rotatable bonds is 5. The predicted molar refractivity (Wildman–Crippen MR) is 64.4 cm³/mol. The zero-order valence-corrected chi connectivity index (χ0v) is 10.4. The Labute approximate surface area is 98.6 Å². The summed E-state index contributed by atoms with van der Waals surface area (Å²) in [6.45, 7) is 5.11. The van der Waals surface area contributed by atoms with E-state index in [0.29, 0.717) is 6.54 Å². The van der Waals surface area contributed by atoms with Gasteiger partial charge in [-0.1, -0.05) is 25.4 Å². The third-order valence-electron chi connectivity index (χ3n) is 2.11. The largest absolute Gasteiger partial charge is 0.369 e. The Morgan fingerprint density at radius 3 is 2.73 bits per heavy atom. The van der Waals surface area contributed by atoms with E-state index in [1.165, 1.54) is 4.88 Å². The van der Waals surface area contributed by atoms with E-state index in [9.17, 15) is 4.79 Å². The summed E-state index contributed by atoms with van der Waals surface area (Å²) in [7, 11) is 0. The van der Waals surface area contributed by atoms with Crippen molar-refractivity contribution >= 4 is 28.8 Å². The Kier molecular flexibility index (Phi) is 4.13. The van der Waals surface area contributed by atoms with E-state index in [-0.39, 0.29) is 17.9 Å². The van der Waals surface area contributed by atoms with Gasteiger partial charge in [-0.05, 0) is 12.1 Å². The number of nitrogens with two attached hydrogens (primary N) is 1. The average Bonchev–Trinajstić information content (AvgIpc) is 2.51. The molecule has 1 aromatic heterocycles. The molecule has 1 rings (SSSR count). The summed E-state index contributed by atoms with van der Waals surface area (Å²) in [5.41, 5.74) is 5.01. The maximum absolute atomic E-state index is 10.6. The maximum Gasteiger partial charge on any atom is 0.231 e. The van der Waals surface area contributed by atoms with Gasteiger partial charge in [-0.15, -0.1) is 11.3 Å². The summed E-state index contributed by atoms with van der Waals surface area (Å²) in [6, 6.07) is 3.90. The van der Waals surface area contributed by atoms with E-state index in [4.69, 9.17) is 17.3 Å². The van der Waals surface area contributed by atoms with Crippen LogP contribution in [0.1, 0.15) is 18.7 Å². The Bertz CT molecular complexity index is 349. The quantitative estimate of drug-likeness (QED) is 0.832. The first kappa shape index (κ1) is 12.5. The number of carbonyl (C=O) groups is 1. The highest BCUT2D eigenvalue weighted by Gasteiger charge is 2.22. The predicted octanol–water partition coefficient (Wildman–Crippen LogP) is 1.75. The molecule has 84 valence electrons. The third kappa shape index (κ3) is 3.81. The molecule has 0 aromatic carbocycles. The summed E-state index contributed by atoms with van der Waals surface area (Å²) < 4.78 is 0.785. The highest BCUT2D eigenvalue weighted by atomic mass is 35.5. The molecule has 0 atom stereocenters. The van der Waals surface area contributed by atoms with Crippen LogP contribution in [0, 0.1) is 0 Å². The van der Waals surface area contributed by atoms with Gasteiger partial charge in [-0.2, -0.15) is 0 Å². The fourth-order valence-electron chi connectivity index (χ4n) is 1.26. The molecule has 0 saturated heterocycles. The van der Waals surface area contributed by atoms with E-state index in [1.54, 1.807) is 11.3 Å². The second-order valence-electron chi connectivity index (χ2n) is 4.06. The normalized spacial score (nSPS) is 11.7. The minimum Gasteiger partial charge on any atom is -0.369 e. The number of hydrogen-bond acceptors (Lipinski definition) is 3. The van der Waals surface area contributed by atoms with Gasteiger partial charge < -0.3 is 11.1 Å². The molecule has 5 heteroatoms. The molecule has 1 amide bonds. The molecular formula is C10H15ClN2OS. The van der Waals surface area contributed by atoms with Gasteiger partial charge in [0.05, 0.1) is 10.9 Å². The molecule has 0 saturated carbocycles. The van der Waals surface area contributed by atoms with Crippen molar-refractivity contribution in [2.45, 2.75) is 19.3 Å². The van der Waals surface area contributed by atoms with Gasteiger partial charge in [0, 0.05) is 16.8 Å². The Morgan fingerprint density at radius 1 is 1.60 bits per heavy atom. The summed E-state index contributed by atoms with van der Waals surface area (Å²) in [5, 5.41) is 3.02. The molecule has 0 aliphatic carbocycles. The molecular weight excluding hydrogens is 232 g/mol. The molecule has 0 radical (unpaired) electrons. The van der Waals surface area contributed by atoms with Gasteiger partial charge in [0.1, 0.15) is 0 Å². The average molecular weight is 247 g/mol. The molecule has 0 fully saturated rings. The van der Waals surface area contributed by atoms with Crippen LogP contribution in [0.15, 0.2) is 12.1 Å². The summed E-state index contributed by atoms with van der Waals surface area (Å²) >= 11 is 7.44. The molecule has 0 aliphatic rings. The van der Waals surface area contributed by atoms with Gasteiger partial charge in [-0.25, -0.2) is 0 Å². The van der Waals surface area contributed by atoms with Gasteiger partial charge in [-0.3, -0.25) is 4.79 Å². The van der Waals surface area contributed by atoms with Crippen molar-refractivity contribution in [2.75, 3.05) is 13.1 Å². The topological polar surface area (TPSA) is 55.1 Å². The smallest absolute Gasteiger partial charge is 0.231 e. The van der Waals surface area contributed by atoms with Crippen molar-refractivity contribution in [2.24, 2.45) is 5.73 Å². The van der Waals surface area contributed by atoms with E-state index in [1.807, 2.05) is 12.1 Å². The zero-order chi connectivity index (χ0) is 11.5. The maximum atomic E-state index is 10.6. The number of carbonyl (C=O) groups excluding carboxylic acids is 1. The van der Waals surface area contributed by atoms with Gasteiger partial charge >= 0.3 is 0 Å². The van der Waals surface area contributed by atoms with Crippen LogP contribution in [0.25, 0.3) is 0 Å². The van der Waals surface area contributed by atoms with Crippen molar-refractivity contribution < 1.29 is 4.79 Å². The standard InChI is InChI=1S/C10H15ClN2OS/c1-10(2,6-13-5-9(12)14)7-3-4-8(11)15-7/h3-4,13H,5-6H2,1-2H3,(H2,12,14). The van der Waals surface area contributed by atoms with Crippen LogP contribution in [-0.2, 0) is 10.2 Å². The molecule has 0 aliphatic heterocycles. The van der Waals surface area contributed by atoms with Crippen LogP contribution in [0.2, 0.25) is 4.34 Å². The lowest BCUT2D eigenvalue weighted by atomic mass is 9.91. The number of thiophene rings is 1. The Balaban J connectivity index is 2.55. The molecule has 0 bridgehead atoms. The number of hydrogen-bond donors (Lipinski definition) is 2. The molecule has 3 N–H and O–H groups in total. The Morgan fingerprint density at radius 2 is 2.27 bits per heavy atom. The lowest BCUT2D eigenvalue weighted by Gasteiger charge is -2.23. The monoisotopic (exact) mass is 246 g/mol. The fourth-order valence-corrected chi connectivity index (χ4v) is 2.41. The first-order chi connectivity index (χ1) is 6.92. The van der Waals surface area contributed by atoms with Crippen LogP contribution < -0.4 is 11.1 Å². The van der Waals surface area contributed by atoms with E-state index < -0.39 is 0 Å². The fraction of sp³-hybridized carbons (Fsp3) is 0.500. The van der Waals surface area contributed by atoms with Gasteiger partial charge in [0.25, 0.3) is 0 Å². The van der Waals surface area contributed by atoms with Crippen LogP contribution in [0.5, 0.6) is 0 Å². The van der Waals surface area contributed by atoms with Crippen molar-refractivity contribution in [3.63, 3.8) is 0 Å². The first-order valence-electron chi connectivity index (χ1n) is 4.66. The first-order valence-corrected chi connectivity index (χ1v) is 5.86. The van der Waals surface area contributed by atoms with Crippen molar-refractivity contribution in [1.82, 2.24) is 5.32 Å². The SMILES string of the molecule is CC(C)(CNCC(N)=O)c1ccc(Cl)s1. The summed E-state index contributed by atoms with van der Waals surface area (Å²) in [4.78, 5) is 11.8. The van der Waals surface area contributed by atoms with Gasteiger partial charge in [0.15, 0.2) is 0 Å². The highest BCUT2D eigenvalue weighted by molar-refractivity contribution is 7.16. The number of primary amides is 1. The summed E-state index contributed by atoms with van der Waals surface area (Å²) in [5.74, 6) is -0.338. The second-order valence-corrected chi connectivity index (χ2v) is 5.77. The number of halogens is 1. The minimum absolute atomic E-state index is 0.0345. The van der Waals surface area contributed by atoms with E-state index >= 15 is 0 Å². The van der Waals surface area contributed by atoms with Crippen molar-refractivity contribution in [3.05, 3.63) is 21.3 Å². The van der Waals surface area contributed by atoms with Crippen molar-refractivity contribution in [3.8, 4) is 0 Å². The van der Waals surface area contributed by atoms with Crippen LogP contribution in [-0.4, -0.2) is 19.0 Å². The van der Waals surface area contributed by atoms with Gasteiger partial charge in [0.2, 0.25) is 5.91 Å². The third-order valence-corrected chi connectivity index (χ3v) is 3.70. The second kappa shape index (κ2) is 4.96. The van der Waals surface area contributed by atoms with Crippen LogP contribution in [0.4, 0.5) is 0 Å². The zero-order valence-electron chi connectivity index (χ0n) is 8.84. The van der Waals surface area contributed by atoms with Crippen molar-refractivity contribution in [1.29, 1.82) is 0 Å². The molecule has 15 heavy (non-hydrogen) atoms. The van der Waals surface area contributed by atoms with Crippen LogP contribution >= 0.6 is 22.9 Å². The molecule has 1 heterocycles. The minimum atomic E-state index is -0.338. The molecule has 1 aromatic rings. The van der Waals surface area contributed by atoms with Crippen LogP contribution in [0.3, 0.4) is 0 Å². The lowest BCUT2D eigenvalue weighted by Crippen LogP contribution is -2.37. The molecule has 3 nitrogen and oxygen atoms in total. The number of nitrogens with one attached hydrogen (secondary N) is 1. The summed E-state index contributed by atoms with van der Waals surface area (Å²) in [6.07, 6.45) is 0. The van der Waals surface area contributed by atoms with E-state index in [2.05, 4.69) is 19.2 Å². The lowest BCUT2D eigenvalue weighted by molar-refractivity contribution is -0.117. The molecule has 0 unspecified atom stereocenters. The molecule has 0 spiro atoms.